The van der Waals surface area contributed by atoms with Crippen LogP contribution in [-0.2, 0) is 9.53 Å². The Kier molecular flexibility index (Phi) is 5.24. The van der Waals surface area contributed by atoms with Crippen LogP contribution in [0.15, 0.2) is 18.2 Å². The highest BCUT2D eigenvalue weighted by Gasteiger charge is 2.20. The van der Waals surface area contributed by atoms with Crippen LogP contribution in [0.3, 0.4) is 0 Å². The van der Waals surface area contributed by atoms with Gasteiger partial charge in [-0.15, -0.1) is 0 Å². The van der Waals surface area contributed by atoms with Crippen LogP contribution in [0.1, 0.15) is 38.3 Å². The number of hydrogen-bond donors (Lipinski definition) is 1. The molecule has 0 aliphatic carbocycles. The molecule has 0 fully saturated rings. The number of carbonyl (C=O) groups excluding carboxylic acids is 1. The van der Waals surface area contributed by atoms with Crippen molar-refractivity contribution >= 4 is 5.97 Å². The first-order valence-electron chi connectivity index (χ1n) is 7.03. The number of nitrogens with one attached hydrogen (secondary N) is 1. The first-order valence-corrected chi connectivity index (χ1v) is 7.03. The summed E-state index contributed by atoms with van der Waals surface area (Å²) in [7, 11) is 0. The zero-order valence-corrected chi connectivity index (χ0v) is 12.0. The molecular weight excluding hydrogens is 258 g/mol. The third kappa shape index (κ3) is 3.63. The van der Waals surface area contributed by atoms with E-state index in [0.29, 0.717) is 13.0 Å². The Hall–Kier alpha value is -1.75. The summed E-state index contributed by atoms with van der Waals surface area (Å²) in [6.45, 7) is 5.41. The van der Waals surface area contributed by atoms with Crippen molar-refractivity contribution < 1.29 is 19.0 Å². The second kappa shape index (κ2) is 7.14. The molecule has 0 saturated heterocycles. The average molecular weight is 279 g/mol. The van der Waals surface area contributed by atoms with Crippen LogP contribution in [-0.4, -0.2) is 25.9 Å². The SMILES string of the molecule is CCCNC(CC(=O)OCC)c1ccc2c(c1)OCO2. The molecule has 1 aliphatic heterocycles. The van der Waals surface area contributed by atoms with Crippen molar-refractivity contribution in [1.82, 2.24) is 5.32 Å². The van der Waals surface area contributed by atoms with Gasteiger partial charge in [-0.25, -0.2) is 0 Å². The maximum Gasteiger partial charge on any atom is 0.307 e. The van der Waals surface area contributed by atoms with Gasteiger partial charge in [0.2, 0.25) is 6.79 Å². The van der Waals surface area contributed by atoms with Crippen LogP contribution in [0.5, 0.6) is 11.5 Å². The third-order valence-corrected chi connectivity index (χ3v) is 3.12. The van der Waals surface area contributed by atoms with Crippen LogP contribution in [0.4, 0.5) is 0 Å². The summed E-state index contributed by atoms with van der Waals surface area (Å²) in [5.41, 5.74) is 1.01. The molecule has 20 heavy (non-hydrogen) atoms. The zero-order chi connectivity index (χ0) is 14.4. The normalized spacial score (nSPS) is 14.1. The second-order valence-electron chi connectivity index (χ2n) is 4.63. The number of benzene rings is 1. The summed E-state index contributed by atoms with van der Waals surface area (Å²) in [5.74, 6) is 1.28. The molecular formula is C15H21NO4. The minimum atomic E-state index is -0.196. The zero-order valence-electron chi connectivity index (χ0n) is 12.0. The van der Waals surface area contributed by atoms with Crippen molar-refractivity contribution in [1.29, 1.82) is 0 Å². The summed E-state index contributed by atoms with van der Waals surface area (Å²) >= 11 is 0. The molecule has 1 aromatic carbocycles. The summed E-state index contributed by atoms with van der Waals surface area (Å²) in [5, 5.41) is 3.37. The molecule has 0 radical (unpaired) electrons. The first kappa shape index (κ1) is 14.7. The van der Waals surface area contributed by atoms with Crippen LogP contribution in [0, 0.1) is 0 Å². The van der Waals surface area contributed by atoms with Crippen molar-refractivity contribution in [3.8, 4) is 11.5 Å². The highest BCUT2D eigenvalue weighted by molar-refractivity contribution is 5.70. The lowest BCUT2D eigenvalue weighted by atomic mass is 10.0. The van der Waals surface area contributed by atoms with E-state index in [9.17, 15) is 4.79 Å². The van der Waals surface area contributed by atoms with Gasteiger partial charge in [0, 0.05) is 6.04 Å². The van der Waals surface area contributed by atoms with Gasteiger partial charge in [0.15, 0.2) is 11.5 Å². The van der Waals surface area contributed by atoms with Crippen LogP contribution < -0.4 is 14.8 Å². The lowest BCUT2D eigenvalue weighted by Crippen LogP contribution is -2.25. The molecule has 1 heterocycles. The first-order chi connectivity index (χ1) is 9.74. The van der Waals surface area contributed by atoms with E-state index in [2.05, 4.69) is 12.2 Å². The Morgan fingerprint density at radius 2 is 2.15 bits per heavy atom. The summed E-state index contributed by atoms with van der Waals surface area (Å²) < 4.78 is 15.7. The van der Waals surface area contributed by atoms with Crippen molar-refractivity contribution in [3.05, 3.63) is 23.8 Å². The van der Waals surface area contributed by atoms with Crippen LogP contribution in [0.25, 0.3) is 0 Å². The maximum absolute atomic E-state index is 11.7. The fourth-order valence-electron chi connectivity index (χ4n) is 2.14. The fraction of sp³-hybridized carbons (Fsp3) is 0.533. The van der Waals surface area contributed by atoms with Crippen molar-refractivity contribution in [2.24, 2.45) is 0 Å². The smallest absolute Gasteiger partial charge is 0.307 e. The standard InChI is InChI=1S/C15H21NO4/c1-3-7-16-12(9-15(17)18-4-2)11-5-6-13-14(8-11)20-10-19-13/h5-6,8,12,16H,3-4,7,9-10H2,1-2H3. The van der Waals surface area contributed by atoms with E-state index in [0.717, 1.165) is 30.0 Å². The van der Waals surface area contributed by atoms with E-state index < -0.39 is 0 Å². The van der Waals surface area contributed by atoms with Gasteiger partial charge in [0.05, 0.1) is 13.0 Å². The molecule has 2 rings (SSSR count). The number of ether oxygens (including phenoxy) is 3. The van der Waals surface area contributed by atoms with Crippen LogP contribution >= 0.6 is 0 Å². The molecule has 1 aromatic rings. The van der Waals surface area contributed by atoms with E-state index >= 15 is 0 Å². The topological polar surface area (TPSA) is 56.8 Å². The van der Waals surface area contributed by atoms with E-state index in [-0.39, 0.29) is 18.8 Å². The van der Waals surface area contributed by atoms with Gasteiger partial charge in [-0.1, -0.05) is 13.0 Å². The van der Waals surface area contributed by atoms with Gasteiger partial charge >= 0.3 is 5.97 Å². The largest absolute Gasteiger partial charge is 0.466 e. The fourth-order valence-corrected chi connectivity index (χ4v) is 2.14. The molecule has 0 spiro atoms. The molecule has 0 bridgehead atoms. The van der Waals surface area contributed by atoms with Gasteiger partial charge < -0.3 is 19.5 Å². The number of esters is 1. The number of rotatable bonds is 7. The molecule has 0 saturated carbocycles. The number of fused-ring (bicyclic) bond motifs is 1. The minimum absolute atomic E-state index is 0.0662. The highest BCUT2D eigenvalue weighted by Crippen LogP contribution is 2.34. The lowest BCUT2D eigenvalue weighted by Gasteiger charge is -2.18. The van der Waals surface area contributed by atoms with Gasteiger partial charge in [0.1, 0.15) is 0 Å². The van der Waals surface area contributed by atoms with E-state index in [1.54, 1.807) is 0 Å². The predicted molar refractivity (Wildman–Crippen MR) is 74.8 cm³/mol. The molecule has 0 aromatic heterocycles. The number of carbonyl (C=O) groups is 1. The molecule has 1 atom stereocenters. The molecule has 1 N–H and O–H groups in total. The monoisotopic (exact) mass is 279 g/mol. The molecule has 0 amide bonds. The van der Waals surface area contributed by atoms with Crippen molar-refractivity contribution in [2.45, 2.75) is 32.7 Å². The van der Waals surface area contributed by atoms with Crippen LogP contribution in [0.2, 0.25) is 0 Å². The maximum atomic E-state index is 11.7. The summed E-state index contributed by atoms with van der Waals surface area (Å²) in [4.78, 5) is 11.7. The number of hydrogen-bond acceptors (Lipinski definition) is 5. The molecule has 1 aliphatic rings. The molecule has 1 unspecified atom stereocenters. The van der Waals surface area contributed by atoms with Crippen molar-refractivity contribution in [3.63, 3.8) is 0 Å². The Morgan fingerprint density at radius 3 is 2.90 bits per heavy atom. The average Bonchev–Trinajstić information content (AvgIpc) is 2.91. The van der Waals surface area contributed by atoms with Gasteiger partial charge in [-0.2, -0.15) is 0 Å². The quantitative estimate of drug-likeness (QED) is 0.777. The Morgan fingerprint density at radius 1 is 1.35 bits per heavy atom. The van der Waals surface area contributed by atoms with Gasteiger partial charge in [-0.3, -0.25) is 4.79 Å². The molecule has 5 nitrogen and oxygen atoms in total. The van der Waals surface area contributed by atoms with E-state index in [1.165, 1.54) is 0 Å². The minimum Gasteiger partial charge on any atom is -0.466 e. The van der Waals surface area contributed by atoms with E-state index in [1.807, 2.05) is 25.1 Å². The lowest BCUT2D eigenvalue weighted by molar-refractivity contribution is -0.143. The van der Waals surface area contributed by atoms with Gasteiger partial charge in [-0.05, 0) is 37.6 Å². The highest BCUT2D eigenvalue weighted by atomic mass is 16.7. The van der Waals surface area contributed by atoms with Gasteiger partial charge in [0.25, 0.3) is 0 Å². The third-order valence-electron chi connectivity index (χ3n) is 3.12. The molecule has 5 heteroatoms. The Bertz CT molecular complexity index is 461. The Balaban J connectivity index is 2.10. The Labute approximate surface area is 119 Å². The predicted octanol–water partition coefficient (Wildman–Crippen LogP) is 2.41. The molecule has 110 valence electrons. The van der Waals surface area contributed by atoms with Crippen molar-refractivity contribution in [2.75, 3.05) is 19.9 Å². The second-order valence-corrected chi connectivity index (χ2v) is 4.63. The summed E-state index contributed by atoms with van der Waals surface area (Å²) in [6, 6.07) is 5.70. The van der Waals surface area contributed by atoms with E-state index in [4.69, 9.17) is 14.2 Å². The summed E-state index contributed by atoms with van der Waals surface area (Å²) in [6.07, 6.45) is 1.32.